The van der Waals surface area contributed by atoms with Gasteiger partial charge in [0.15, 0.2) is 0 Å². The number of anilines is 1. The summed E-state index contributed by atoms with van der Waals surface area (Å²) in [5.41, 5.74) is 4.39. The number of aryl methyl sites for hydroxylation is 2. The van der Waals surface area contributed by atoms with E-state index in [4.69, 9.17) is 0 Å². The average Bonchev–Trinajstić information content (AvgIpc) is 3.00. The molecule has 1 heterocycles. The Labute approximate surface area is 181 Å². The lowest BCUT2D eigenvalue weighted by Gasteiger charge is -2.22. The lowest BCUT2D eigenvalue weighted by atomic mass is 9.97. The number of hydrogen-bond acceptors (Lipinski definition) is 3. The highest BCUT2D eigenvalue weighted by Crippen LogP contribution is 2.35. The van der Waals surface area contributed by atoms with Gasteiger partial charge in [-0.15, -0.1) is 0 Å². The predicted molar refractivity (Wildman–Crippen MR) is 120 cm³/mol. The van der Waals surface area contributed by atoms with Gasteiger partial charge in [-0.05, 0) is 43.2 Å². The third-order valence-electron chi connectivity index (χ3n) is 5.56. The van der Waals surface area contributed by atoms with Gasteiger partial charge in [0.1, 0.15) is 11.5 Å². The van der Waals surface area contributed by atoms with E-state index >= 15 is 0 Å². The van der Waals surface area contributed by atoms with Crippen LogP contribution in [0.2, 0.25) is 0 Å². The molecule has 0 aromatic heterocycles. The van der Waals surface area contributed by atoms with Gasteiger partial charge < -0.3 is 4.90 Å². The Hall–Kier alpha value is -3.73. The molecule has 4 nitrogen and oxygen atoms in total. The van der Waals surface area contributed by atoms with E-state index in [0.29, 0.717) is 22.4 Å². The Morgan fingerprint density at radius 2 is 1.55 bits per heavy atom. The van der Waals surface area contributed by atoms with Gasteiger partial charge in [-0.3, -0.25) is 14.5 Å². The summed E-state index contributed by atoms with van der Waals surface area (Å²) < 4.78 is 14.3. The van der Waals surface area contributed by atoms with E-state index in [0.717, 1.165) is 21.7 Å². The Morgan fingerprint density at radius 3 is 2.23 bits per heavy atom. The maximum absolute atomic E-state index is 14.3. The van der Waals surface area contributed by atoms with E-state index in [1.165, 1.54) is 6.07 Å². The van der Waals surface area contributed by atoms with Crippen molar-refractivity contribution in [2.45, 2.75) is 20.4 Å². The first-order valence-electron chi connectivity index (χ1n) is 10.1. The molecule has 0 saturated heterocycles. The van der Waals surface area contributed by atoms with Crippen LogP contribution in [-0.4, -0.2) is 23.8 Å². The minimum atomic E-state index is -0.443. The van der Waals surface area contributed by atoms with E-state index in [2.05, 4.69) is 0 Å². The van der Waals surface area contributed by atoms with Crippen molar-refractivity contribution >= 4 is 23.1 Å². The Balaban J connectivity index is 1.84. The van der Waals surface area contributed by atoms with Crippen molar-refractivity contribution in [1.29, 1.82) is 0 Å². The van der Waals surface area contributed by atoms with Crippen LogP contribution in [0.3, 0.4) is 0 Å². The second-order valence-corrected chi connectivity index (χ2v) is 7.72. The second kappa shape index (κ2) is 8.19. The summed E-state index contributed by atoms with van der Waals surface area (Å²) in [6.07, 6.45) is 0. The summed E-state index contributed by atoms with van der Waals surface area (Å²) in [5, 5.41) is 0. The molecule has 0 bridgehead atoms. The fourth-order valence-electron chi connectivity index (χ4n) is 3.93. The van der Waals surface area contributed by atoms with E-state index in [9.17, 15) is 14.0 Å². The number of benzene rings is 3. The lowest BCUT2D eigenvalue weighted by Crippen LogP contribution is -2.34. The minimum absolute atomic E-state index is 0.120. The number of nitrogens with zero attached hydrogens (tertiary/aromatic N) is 2. The van der Waals surface area contributed by atoms with Crippen molar-refractivity contribution < 1.29 is 14.0 Å². The standard InChI is InChI=1S/C26H23FN2O2/c1-17-13-14-21(18(2)15-17)23-24(28(3)20-10-5-4-6-11-20)26(31)29(25(23)30)16-19-9-7-8-12-22(19)27/h4-15H,16H2,1-3H3. The van der Waals surface area contributed by atoms with Gasteiger partial charge in [0.05, 0.1) is 12.1 Å². The molecule has 0 atom stereocenters. The van der Waals surface area contributed by atoms with Crippen molar-refractivity contribution in [2.75, 3.05) is 11.9 Å². The molecule has 3 aromatic rings. The van der Waals surface area contributed by atoms with Gasteiger partial charge in [0.2, 0.25) is 0 Å². The van der Waals surface area contributed by atoms with Crippen LogP contribution in [0.5, 0.6) is 0 Å². The summed E-state index contributed by atoms with van der Waals surface area (Å²) in [6.45, 7) is 3.78. The summed E-state index contributed by atoms with van der Waals surface area (Å²) in [7, 11) is 1.77. The fraction of sp³-hybridized carbons (Fsp3) is 0.154. The molecule has 0 spiro atoms. The molecule has 5 heteroatoms. The van der Waals surface area contributed by atoms with Gasteiger partial charge in [-0.1, -0.05) is 60.2 Å². The van der Waals surface area contributed by atoms with E-state index in [-0.39, 0.29) is 6.54 Å². The van der Waals surface area contributed by atoms with Gasteiger partial charge in [-0.25, -0.2) is 4.39 Å². The van der Waals surface area contributed by atoms with Crippen LogP contribution in [-0.2, 0) is 16.1 Å². The van der Waals surface area contributed by atoms with Crippen molar-refractivity contribution in [1.82, 2.24) is 4.90 Å². The maximum atomic E-state index is 14.3. The van der Waals surface area contributed by atoms with Crippen molar-refractivity contribution in [2.24, 2.45) is 0 Å². The largest absolute Gasteiger partial charge is 0.339 e. The molecule has 3 aromatic carbocycles. The number of halogens is 1. The third kappa shape index (κ3) is 3.75. The number of rotatable bonds is 5. The number of likely N-dealkylation sites (N-methyl/N-ethyl adjacent to an activating group) is 1. The molecule has 0 fully saturated rings. The first-order chi connectivity index (χ1) is 14.9. The molecule has 0 aliphatic carbocycles. The first-order valence-corrected chi connectivity index (χ1v) is 10.1. The predicted octanol–water partition coefficient (Wildman–Crippen LogP) is 4.86. The monoisotopic (exact) mass is 414 g/mol. The maximum Gasteiger partial charge on any atom is 0.278 e. The van der Waals surface area contributed by atoms with Crippen LogP contribution in [0.4, 0.5) is 10.1 Å². The molecule has 4 rings (SSSR count). The molecule has 1 aliphatic heterocycles. The van der Waals surface area contributed by atoms with Crippen LogP contribution in [0, 0.1) is 19.7 Å². The summed E-state index contributed by atoms with van der Waals surface area (Å²) >= 11 is 0. The van der Waals surface area contributed by atoms with Gasteiger partial charge in [-0.2, -0.15) is 0 Å². The zero-order chi connectivity index (χ0) is 22.1. The molecular weight excluding hydrogens is 391 g/mol. The molecule has 0 unspecified atom stereocenters. The zero-order valence-electron chi connectivity index (χ0n) is 17.7. The minimum Gasteiger partial charge on any atom is -0.339 e. The second-order valence-electron chi connectivity index (χ2n) is 7.72. The van der Waals surface area contributed by atoms with Crippen LogP contribution in [0.1, 0.15) is 22.3 Å². The highest BCUT2D eigenvalue weighted by Gasteiger charge is 2.41. The summed E-state index contributed by atoms with van der Waals surface area (Å²) in [4.78, 5) is 29.9. The number of imide groups is 1. The smallest absolute Gasteiger partial charge is 0.278 e. The highest BCUT2D eigenvalue weighted by atomic mass is 19.1. The van der Waals surface area contributed by atoms with Crippen LogP contribution in [0.25, 0.3) is 5.57 Å². The SMILES string of the molecule is Cc1ccc(C2=C(N(C)c3ccccc3)C(=O)N(Cc3ccccc3F)C2=O)c(C)c1. The van der Waals surface area contributed by atoms with Crippen LogP contribution < -0.4 is 4.90 Å². The van der Waals surface area contributed by atoms with Crippen molar-refractivity contribution in [3.05, 3.63) is 107 Å². The summed E-state index contributed by atoms with van der Waals surface area (Å²) in [5.74, 6) is -1.30. The molecule has 0 radical (unpaired) electrons. The molecule has 0 N–H and O–H groups in total. The number of carbonyl (C=O) groups is 2. The number of amides is 2. The molecule has 31 heavy (non-hydrogen) atoms. The highest BCUT2D eigenvalue weighted by molar-refractivity contribution is 6.36. The fourth-order valence-corrected chi connectivity index (χ4v) is 3.93. The van der Waals surface area contributed by atoms with E-state index in [1.807, 2.05) is 62.4 Å². The van der Waals surface area contributed by atoms with E-state index < -0.39 is 17.6 Å². The Kier molecular flexibility index (Phi) is 5.42. The molecule has 2 amide bonds. The quantitative estimate of drug-likeness (QED) is 0.560. The Morgan fingerprint density at radius 1 is 0.871 bits per heavy atom. The van der Waals surface area contributed by atoms with Gasteiger partial charge in [0, 0.05) is 18.3 Å². The molecule has 1 aliphatic rings. The Bertz CT molecular complexity index is 1200. The van der Waals surface area contributed by atoms with Gasteiger partial charge >= 0.3 is 0 Å². The van der Waals surface area contributed by atoms with Crippen molar-refractivity contribution in [3.63, 3.8) is 0 Å². The van der Waals surface area contributed by atoms with Gasteiger partial charge in [0.25, 0.3) is 11.8 Å². The summed E-state index contributed by atoms with van der Waals surface area (Å²) in [6, 6.07) is 21.4. The normalized spacial score (nSPS) is 13.9. The zero-order valence-corrected chi connectivity index (χ0v) is 17.7. The molecular formula is C26H23FN2O2. The average molecular weight is 414 g/mol. The van der Waals surface area contributed by atoms with Crippen LogP contribution in [0.15, 0.2) is 78.5 Å². The topological polar surface area (TPSA) is 40.6 Å². The van der Waals surface area contributed by atoms with E-state index in [1.54, 1.807) is 30.1 Å². The number of carbonyl (C=O) groups excluding carboxylic acids is 2. The van der Waals surface area contributed by atoms with Crippen molar-refractivity contribution in [3.8, 4) is 0 Å². The molecule has 156 valence electrons. The first kappa shape index (κ1) is 20.5. The number of para-hydroxylation sites is 1. The van der Waals surface area contributed by atoms with Crippen LogP contribution >= 0.6 is 0 Å². The number of hydrogen-bond donors (Lipinski definition) is 0. The lowest BCUT2D eigenvalue weighted by molar-refractivity contribution is -0.137. The third-order valence-corrected chi connectivity index (χ3v) is 5.56. The molecule has 0 saturated carbocycles.